The van der Waals surface area contributed by atoms with Gasteiger partial charge in [-0.25, -0.2) is 0 Å². The van der Waals surface area contributed by atoms with E-state index < -0.39 is 11.6 Å². The van der Waals surface area contributed by atoms with Gasteiger partial charge in [0.2, 0.25) is 0 Å². The molecule has 0 aliphatic rings. The molecule has 0 aromatic carbocycles. The number of esters is 1. The van der Waals surface area contributed by atoms with Crippen LogP contribution >= 0.6 is 0 Å². The maximum absolute atomic E-state index is 11.6. The van der Waals surface area contributed by atoms with Gasteiger partial charge in [0.05, 0.1) is 185 Å². The van der Waals surface area contributed by atoms with Crippen LogP contribution in [0.1, 0.15) is 33.6 Å². The summed E-state index contributed by atoms with van der Waals surface area (Å²) in [4.78, 5) is 21.9. The van der Waals surface area contributed by atoms with Gasteiger partial charge in [0, 0.05) is 0 Å². The molecular weight excluding hydrogens is 680 g/mol. The molecule has 0 aromatic rings. The van der Waals surface area contributed by atoms with Crippen molar-refractivity contribution in [2.75, 3.05) is 172 Å². The Kier molecular flexibility index (Phi) is 38.4. The topological polar surface area (TPSA) is 184 Å². The second-order valence-electron chi connectivity index (χ2n) is 11.4. The first-order valence-corrected chi connectivity index (χ1v) is 17.8. The Morgan fingerprint density at radius 2 is 0.510 bits per heavy atom. The van der Waals surface area contributed by atoms with Crippen molar-refractivity contribution < 1.29 is 81.0 Å². The molecule has 304 valence electrons. The Bertz CT molecular complexity index is 738. The van der Waals surface area contributed by atoms with E-state index in [0.29, 0.717) is 165 Å². The zero-order chi connectivity index (χ0) is 37.4. The van der Waals surface area contributed by atoms with E-state index in [1.807, 2.05) is 20.8 Å². The summed E-state index contributed by atoms with van der Waals surface area (Å²) >= 11 is 0. The molecule has 17 nitrogen and oxygen atoms in total. The molecule has 0 aliphatic carbocycles. The number of hydrogen-bond donors (Lipinski definition) is 1. The second-order valence-corrected chi connectivity index (χ2v) is 11.4. The van der Waals surface area contributed by atoms with Crippen LogP contribution in [0.3, 0.4) is 0 Å². The lowest BCUT2D eigenvalue weighted by molar-refractivity contribution is -0.156. The van der Waals surface area contributed by atoms with Gasteiger partial charge in [0.1, 0.15) is 5.60 Å². The Morgan fingerprint density at radius 3 is 0.686 bits per heavy atom. The normalized spacial score (nSPS) is 11.7. The Labute approximate surface area is 303 Å². The molecule has 0 bridgehead atoms. The van der Waals surface area contributed by atoms with Gasteiger partial charge >= 0.3 is 11.9 Å². The first-order valence-electron chi connectivity index (χ1n) is 17.8. The molecule has 0 saturated carbocycles. The molecule has 0 radical (unpaired) electrons. The van der Waals surface area contributed by atoms with Crippen molar-refractivity contribution in [3.8, 4) is 0 Å². The van der Waals surface area contributed by atoms with Gasteiger partial charge in [-0.15, -0.1) is 0 Å². The average Bonchev–Trinajstić information content (AvgIpc) is 3.08. The van der Waals surface area contributed by atoms with E-state index in [2.05, 4.69) is 0 Å². The number of carbonyl (C=O) groups excluding carboxylic acids is 1. The summed E-state index contributed by atoms with van der Waals surface area (Å²) < 4.78 is 75.5. The number of carboxylic acid groups (broad SMARTS) is 1. The van der Waals surface area contributed by atoms with Crippen molar-refractivity contribution >= 4 is 11.9 Å². The molecule has 0 heterocycles. The molecule has 0 aliphatic heterocycles. The molecule has 0 aromatic heterocycles. The third kappa shape index (κ3) is 46.4. The Balaban J connectivity index is 3.10. The highest BCUT2D eigenvalue weighted by molar-refractivity contribution is 5.69. The third-order valence-corrected chi connectivity index (χ3v) is 5.79. The van der Waals surface area contributed by atoms with E-state index >= 15 is 0 Å². The fraction of sp³-hybridized carbons (Fsp3) is 0.941. The van der Waals surface area contributed by atoms with E-state index in [9.17, 15) is 9.59 Å². The van der Waals surface area contributed by atoms with Crippen molar-refractivity contribution in [2.24, 2.45) is 0 Å². The van der Waals surface area contributed by atoms with Crippen molar-refractivity contribution in [2.45, 2.75) is 39.2 Å². The molecule has 0 rings (SSSR count). The third-order valence-electron chi connectivity index (χ3n) is 5.79. The van der Waals surface area contributed by atoms with Crippen LogP contribution in [0.2, 0.25) is 0 Å². The highest BCUT2D eigenvalue weighted by Gasteiger charge is 2.15. The summed E-state index contributed by atoms with van der Waals surface area (Å²) in [6.07, 6.45) is 0.219. The Morgan fingerprint density at radius 1 is 0.333 bits per heavy atom. The standard InChI is InChI=1S/C34H66O17/c1-34(2,3)51-33(37)5-7-39-9-11-41-13-15-43-17-19-45-21-23-47-25-27-49-29-31-50-30-28-48-26-24-46-22-20-44-18-16-42-14-12-40-10-8-38-6-4-32(35)36/h4-31H2,1-3H3,(H,35,36). The SMILES string of the molecule is CC(C)(C)OC(=O)CCOCCOCCOCCOCCOCCOCCOCCOCCOCCOCCOCCOCCOCCC(=O)O. The number of hydrogen-bond acceptors (Lipinski definition) is 16. The predicted octanol–water partition coefficient (Wildman–Crippen LogP) is 1.41. The van der Waals surface area contributed by atoms with Gasteiger partial charge in [0.25, 0.3) is 0 Å². The fourth-order valence-electron chi connectivity index (χ4n) is 3.45. The minimum Gasteiger partial charge on any atom is -0.481 e. The van der Waals surface area contributed by atoms with E-state index in [0.717, 1.165) is 0 Å². The van der Waals surface area contributed by atoms with Crippen molar-refractivity contribution in [3.05, 3.63) is 0 Å². The van der Waals surface area contributed by atoms with Gasteiger partial charge in [0.15, 0.2) is 0 Å². The molecule has 0 amide bonds. The number of rotatable bonds is 42. The number of carboxylic acids is 1. The van der Waals surface area contributed by atoms with Crippen LogP contribution < -0.4 is 0 Å². The Hall–Kier alpha value is -1.58. The molecule has 0 spiro atoms. The fourth-order valence-corrected chi connectivity index (χ4v) is 3.45. The predicted molar refractivity (Wildman–Crippen MR) is 183 cm³/mol. The monoisotopic (exact) mass is 746 g/mol. The van der Waals surface area contributed by atoms with Gasteiger partial charge in [-0.1, -0.05) is 0 Å². The minimum absolute atomic E-state index is 0.00663. The van der Waals surface area contributed by atoms with Crippen LogP contribution in [-0.4, -0.2) is 194 Å². The lowest BCUT2D eigenvalue weighted by Crippen LogP contribution is -2.24. The highest BCUT2D eigenvalue weighted by Crippen LogP contribution is 2.08. The van der Waals surface area contributed by atoms with E-state index in [1.54, 1.807) is 0 Å². The van der Waals surface area contributed by atoms with Crippen LogP contribution in [0.25, 0.3) is 0 Å². The molecule has 1 N–H and O–H groups in total. The summed E-state index contributed by atoms with van der Waals surface area (Å²) in [5.41, 5.74) is -0.479. The molecule has 17 heteroatoms. The maximum Gasteiger partial charge on any atom is 0.308 e. The van der Waals surface area contributed by atoms with Crippen LogP contribution in [0.15, 0.2) is 0 Å². The number of aliphatic carboxylic acids is 1. The largest absolute Gasteiger partial charge is 0.481 e. The smallest absolute Gasteiger partial charge is 0.308 e. The van der Waals surface area contributed by atoms with Gasteiger partial charge < -0.3 is 71.4 Å². The molecule has 0 atom stereocenters. The summed E-state index contributed by atoms with van der Waals surface area (Å²) in [5.74, 6) is -1.15. The molecular formula is C34H66O17. The molecule has 0 fully saturated rings. The summed E-state index contributed by atoms with van der Waals surface area (Å²) in [5, 5.41) is 8.49. The first kappa shape index (κ1) is 49.4. The average molecular weight is 747 g/mol. The zero-order valence-electron chi connectivity index (χ0n) is 31.3. The zero-order valence-corrected chi connectivity index (χ0v) is 31.3. The molecule has 0 unspecified atom stereocenters. The number of carbonyl (C=O) groups is 2. The van der Waals surface area contributed by atoms with Crippen molar-refractivity contribution in [3.63, 3.8) is 0 Å². The van der Waals surface area contributed by atoms with E-state index in [1.165, 1.54) is 0 Å². The van der Waals surface area contributed by atoms with E-state index in [4.69, 9.17) is 71.4 Å². The minimum atomic E-state index is -0.878. The first-order chi connectivity index (χ1) is 24.8. The highest BCUT2D eigenvalue weighted by atomic mass is 16.6. The van der Waals surface area contributed by atoms with Gasteiger partial charge in [-0.2, -0.15) is 0 Å². The van der Waals surface area contributed by atoms with Crippen LogP contribution in [0.4, 0.5) is 0 Å². The molecule has 0 saturated heterocycles. The summed E-state index contributed by atoms with van der Waals surface area (Å²) in [6.45, 7) is 17.1. The number of ether oxygens (including phenoxy) is 14. The summed E-state index contributed by atoms with van der Waals surface area (Å²) in [7, 11) is 0. The van der Waals surface area contributed by atoms with E-state index in [-0.39, 0.29) is 25.4 Å². The van der Waals surface area contributed by atoms with Crippen molar-refractivity contribution in [1.82, 2.24) is 0 Å². The van der Waals surface area contributed by atoms with Crippen LogP contribution in [0.5, 0.6) is 0 Å². The van der Waals surface area contributed by atoms with Crippen LogP contribution in [-0.2, 0) is 75.9 Å². The van der Waals surface area contributed by atoms with Gasteiger partial charge in [-0.05, 0) is 20.8 Å². The quantitative estimate of drug-likeness (QED) is 0.0698. The summed E-state index contributed by atoms with van der Waals surface area (Å²) in [6, 6.07) is 0. The second kappa shape index (κ2) is 39.6. The van der Waals surface area contributed by atoms with Crippen LogP contribution in [0, 0.1) is 0 Å². The molecule has 51 heavy (non-hydrogen) atoms. The maximum atomic E-state index is 11.6. The van der Waals surface area contributed by atoms with Crippen molar-refractivity contribution in [1.29, 1.82) is 0 Å². The lowest BCUT2D eigenvalue weighted by atomic mass is 10.2. The lowest BCUT2D eigenvalue weighted by Gasteiger charge is -2.19. The van der Waals surface area contributed by atoms with Gasteiger partial charge in [-0.3, -0.25) is 9.59 Å².